The minimum Gasteiger partial charge on any atom is -0.379 e. The van der Waals surface area contributed by atoms with Gasteiger partial charge in [0.25, 0.3) is 5.91 Å². The van der Waals surface area contributed by atoms with Crippen molar-refractivity contribution in [2.24, 2.45) is 5.92 Å². The van der Waals surface area contributed by atoms with Gasteiger partial charge in [0.1, 0.15) is 0 Å². The normalized spacial score (nSPS) is 15.0. The van der Waals surface area contributed by atoms with Gasteiger partial charge in [-0.15, -0.1) is 0 Å². The summed E-state index contributed by atoms with van der Waals surface area (Å²) in [5.74, 6) is 0.140. The van der Waals surface area contributed by atoms with Crippen LogP contribution in [-0.4, -0.2) is 49.1 Å². The lowest BCUT2D eigenvalue weighted by Crippen LogP contribution is -2.40. The van der Waals surface area contributed by atoms with Crippen molar-refractivity contribution in [1.82, 2.24) is 10.2 Å². The molecule has 0 aromatic heterocycles. The maximum atomic E-state index is 12.6. The molecule has 2 amide bonds. The molecule has 3 rings (SSSR count). The van der Waals surface area contributed by atoms with Gasteiger partial charge >= 0.3 is 0 Å². The van der Waals surface area contributed by atoms with Crippen molar-refractivity contribution in [3.05, 3.63) is 65.7 Å². The number of ether oxygens (including phenoxy) is 1. The lowest BCUT2D eigenvalue weighted by molar-refractivity contribution is -0.126. The fraction of sp³-hybridized carbons (Fsp3) is 0.462. The summed E-state index contributed by atoms with van der Waals surface area (Å²) >= 11 is 0. The zero-order valence-corrected chi connectivity index (χ0v) is 19.2. The molecule has 1 heterocycles. The summed E-state index contributed by atoms with van der Waals surface area (Å²) in [6.45, 7) is 7.93. The summed E-state index contributed by atoms with van der Waals surface area (Å²) in [5, 5.41) is 5.98. The fourth-order valence-electron chi connectivity index (χ4n) is 3.89. The molecular formula is C26H35N3O3. The van der Waals surface area contributed by atoms with Crippen LogP contribution in [0.2, 0.25) is 0 Å². The van der Waals surface area contributed by atoms with E-state index in [1.54, 1.807) is 0 Å². The first kappa shape index (κ1) is 24.0. The molecule has 32 heavy (non-hydrogen) atoms. The second kappa shape index (κ2) is 12.4. The minimum absolute atomic E-state index is 0.0836. The Hall–Kier alpha value is -2.70. The monoisotopic (exact) mass is 437 g/mol. The number of nitrogens with one attached hydrogen (secondary N) is 2. The molecule has 1 fully saturated rings. The SMILES string of the molecule is CC(C)OCCCNC(=O)C1CCN(Cc2cccc(C(=O)Nc3ccccc3)c2)CC1. The average molecular weight is 438 g/mol. The molecule has 0 saturated carbocycles. The van der Waals surface area contributed by atoms with Gasteiger partial charge in [0.2, 0.25) is 5.91 Å². The second-order valence-corrected chi connectivity index (χ2v) is 8.64. The Morgan fingerprint density at radius 1 is 1.06 bits per heavy atom. The molecule has 6 heteroatoms. The standard InChI is InChI=1S/C26H35N3O3/c1-20(2)32-17-7-14-27-25(30)22-12-15-29(16-13-22)19-21-8-6-9-23(18-21)26(31)28-24-10-4-3-5-11-24/h3-6,8-11,18,20,22H,7,12-17,19H2,1-2H3,(H,27,30)(H,28,31). The van der Waals surface area contributed by atoms with Crippen molar-refractivity contribution in [3.8, 4) is 0 Å². The van der Waals surface area contributed by atoms with Gasteiger partial charge in [-0.25, -0.2) is 0 Å². The molecule has 2 N–H and O–H groups in total. The second-order valence-electron chi connectivity index (χ2n) is 8.64. The van der Waals surface area contributed by atoms with E-state index in [1.165, 1.54) is 0 Å². The zero-order valence-electron chi connectivity index (χ0n) is 19.2. The molecule has 1 aliphatic rings. The Labute approximate surface area is 191 Å². The number of hydrogen-bond acceptors (Lipinski definition) is 4. The number of nitrogens with zero attached hydrogens (tertiary/aromatic N) is 1. The van der Waals surface area contributed by atoms with Crippen LogP contribution in [-0.2, 0) is 16.1 Å². The number of carbonyl (C=O) groups is 2. The lowest BCUT2D eigenvalue weighted by Gasteiger charge is -2.31. The maximum absolute atomic E-state index is 12.6. The van der Waals surface area contributed by atoms with Crippen molar-refractivity contribution >= 4 is 17.5 Å². The number of hydrogen-bond donors (Lipinski definition) is 2. The van der Waals surface area contributed by atoms with E-state index < -0.39 is 0 Å². The highest BCUT2D eigenvalue weighted by Crippen LogP contribution is 2.20. The predicted molar refractivity (Wildman–Crippen MR) is 128 cm³/mol. The molecule has 2 aromatic carbocycles. The van der Waals surface area contributed by atoms with Crippen LogP contribution in [0.25, 0.3) is 0 Å². The molecule has 0 atom stereocenters. The number of para-hydroxylation sites is 1. The molecule has 1 saturated heterocycles. The van der Waals surface area contributed by atoms with Gasteiger partial charge in [-0.05, 0) is 76.0 Å². The number of amides is 2. The summed E-state index contributed by atoms with van der Waals surface area (Å²) in [5.41, 5.74) is 2.55. The third-order valence-corrected chi connectivity index (χ3v) is 5.66. The summed E-state index contributed by atoms with van der Waals surface area (Å²) in [6.07, 6.45) is 2.80. The number of rotatable bonds is 10. The zero-order chi connectivity index (χ0) is 22.8. The fourth-order valence-corrected chi connectivity index (χ4v) is 3.89. The van der Waals surface area contributed by atoms with Gasteiger partial charge in [-0.2, -0.15) is 0 Å². The first-order valence-electron chi connectivity index (χ1n) is 11.6. The van der Waals surface area contributed by atoms with Gasteiger partial charge < -0.3 is 15.4 Å². The Kier molecular flexibility index (Phi) is 9.26. The van der Waals surface area contributed by atoms with E-state index in [0.29, 0.717) is 18.7 Å². The number of carbonyl (C=O) groups excluding carboxylic acids is 2. The summed E-state index contributed by atoms with van der Waals surface area (Å²) in [4.78, 5) is 27.3. The van der Waals surface area contributed by atoms with Crippen LogP contribution >= 0.6 is 0 Å². The first-order chi connectivity index (χ1) is 15.5. The lowest BCUT2D eigenvalue weighted by atomic mass is 9.95. The Bertz CT molecular complexity index is 862. The van der Waals surface area contributed by atoms with E-state index >= 15 is 0 Å². The van der Waals surface area contributed by atoms with Gasteiger partial charge in [-0.1, -0.05) is 30.3 Å². The van der Waals surface area contributed by atoms with Gasteiger partial charge in [0.05, 0.1) is 6.10 Å². The van der Waals surface area contributed by atoms with Crippen LogP contribution in [0.5, 0.6) is 0 Å². The smallest absolute Gasteiger partial charge is 0.255 e. The third-order valence-electron chi connectivity index (χ3n) is 5.66. The highest BCUT2D eigenvalue weighted by Gasteiger charge is 2.24. The Balaban J connectivity index is 1.41. The Morgan fingerprint density at radius 3 is 2.53 bits per heavy atom. The van der Waals surface area contributed by atoms with E-state index in [2.05, 4.69) is 21.6 Å². The molecule has 0 radical (unpaired) electrons. The molecule has 0 aliphatic carbocycles. The molecule has 0 unspecified atom stereocenters. The van der Waals surface area contributed by atoms with Crippen LogP contribution in [0, 0.1) is 5.92 Å². The minimum atomic E-state index is -0.104. The molecule has 1 aliphatic heterocycles. The Morgan fingerprint density at radius 2 is 1.81 bits per heavy atom. The van der Waals surface area contributed by atoms with Crippen molar-refractivity contribution in [1.29, 1.82) is 0 Å². The van der Waals surface area contributed by atoms with Crippen LogP contribution in [0.4, 0.5) is 5.69 Å². The highest BCUT2D eigenvalue weighted by atomic mass is 16.5. The molecule has 172 valence electrons. The van der Waals surface area contributed by atoms with Crippen molar-refractivity contribution in [2.45, 2.75) is 45.8 Å². The number of likely N-dealkylation sites (tertiary alicyclic amines) is 1. The largest absolute Gasteiger partial charge is 0.379 e. The quantitative estimate of drug-likeness (QED) is 0.550. The average Bonchev–Trinajstić information content (AvgIpc) is 2.80. The van der Waals surface area contributed by atoms with Crippen LogP contribution in [0.1, 0.15) is 49.0 Å². The van der Waals surface area contributed by atoms with Crippen LogP contribution in [0.15, 0.2) is 54.6 Å². The van der Waals surface area contributed by atoms with Crippen molar-refractivity contribution in [2.75, 3.05) is 31.6 Å². The molecule has 0 spiro atoms. The maximum Gasteiger partial charge on any atom is 0.255 e. The van der Waals surface area contributed by atoms with Crippen LogP contribution in [0.3, 0.4) is 0 Å². The molecule has 6 nitrogen and oxygen atoms in total. The van der Waals surface area contributed by atoms with Crippen molar-refractivity contribution < 1.29 is 14.3 Å². The number of anilines is 1. The topological polar surface area (TPSA) is 70.7 Å². The third kappa shape index (κ3) is 7.77. The van der Waals surface area contributed by atoms with Gasteiger partial charge in [0, 0.05) is 36.9 Å². The first-order valence-corrected chi connectivity index (χ1v) is 11.6. The van der Waals surface area contributed by atoms with Gasteiger partial charge in [-0.3, -0.25) is 14.5 Å². The highest BCUT2D eigenvalue weighted by molar-refractivity contribution is 6.04. The molecule has 2 aromatic rings. The molecular weight excluding hydrogens is 402 g/mol. The van der Waals surface area contributed by atoms with Crippen LogP contribution < -0.4 is 10.6 Å². The predicted octanol–water partition coefficient (Wildman–Crippen LogP) is 4.08. The van der Waals surface area contributed by atoms with E-state index in [0.717, 1.165) is 50.1 Å². The van der Waals surface area contributed by atoms with Crippen molar-refractivity contribution in [3.63, 3.8) is 0 Å². The van der Waals surface area contributed by atoms with Gasteiger partial charge in [0.15, 0.2) is 0 Å². The van der Waals surface area contributed by atoms with E-state index in [1.807, 2.05) is 62.4 Å². The van der Waals surface area contributed by atoms with E-state index in [9.17, 15) is 9.59 Å². The summed E-state index contributed by atoms with van der Waals surface area (Å²) in [7, 11) is 0. The van der Waals surface area contributed by atoms with E-state index in [-0.39, 0.29) is 23.8 Å². The molecule has 0 bridgehead atoms. The van der Waals surface area contributed by atoms with E-state index in [4.69, 9.17) is 4.74 Å². The summed E-state index contributed by atoms with van der Waals surface area (Å²) in [6, 6.07) is 17.3. The summed E-state index contributed by atoms with van der Waals surface area (Å²) < 4.78 is 5.51. The number of piperidine rings is 1. The number of benzene rings is 2.